The first-order valence-electron chi connectivity index (χ1n) is 10.2. The number of hydrogen-bond donors (Lipinski definition) is 1. The first kappa shape index (κ1) is 22.9. The van der Waals surface area contributed by atoms with Crippen LogP contribution in [0.1, 0.15) is 30.5 Å². The zero-order chi connectivity index (χ0) is 23.6. The SMILES string of the molecule is CCS(=O)(=O)Nc1ccc(C2=NN(S(=O)(=O)c3ccccc3)[C@H](c3ccccc3F)C2)cc1. The maximum absolute atomic E-state index is 14.6. The molecular formula is C23H22FN3O4S2. The van der Waals surface area contributed by atoms with Crippen molar-refractivity contribution in [1.82, 2.24) is 4.41 Å². The molecule has 0 amide bonds. The van der Waals surface area contributed by atoms with Gasteiger partial charge < -0.3 is 0 Å². The van der Waals surface area contributed by atoms with E-state index in [-0.39, 0.29) is 22.6 Å². The van der Waals surface area contributed by atoms with Crippen molar-refractivity contribution in [3.63, 3.8) is 0 Å². The second kappa shape index (κ2) is 8.95. The Morgan fingerprint density at radius 2 is 1.58 bits per heavy atom. The first-order chi connectivity index (χ1) is 15.7. The van der Waals surface area contributed by atoms with Gasteiger partial charge in [0.05, 0.1) is 22.4 Å². The van der Waals surface area contributed by atoms with Gasteiger partial charge >= 0.3 is 0 Å². The van der Waals surface area contributed by atoms with Crippen molar-refractivity contribution < 1.29 is 21.2 Å². The lowest BCUT2D eigenvalue weighted by Gasteiger charge is -2.23. The second-order valence-electron chi connectivity index (χ2n) is 7.46. The summed E-state index contributed by atoms with van der Waals surface area (Å²) in [5, 5.41) is 4.38. The van der Waals surface area contributed by atoms with Gasteiger partial charge in [0.15, 0.2) is 0 Å². The van der Waals surface area contributed by atoms with Gasteiger partial charge in [0.25, 0.3) is 10.0 Å². The van der Waals surface area contributed by atoms with Crippen LogP contribution in [0.15, 0.2) is 88.9 Å². The highest BCUT2D eigenvalue weighted by Gasteiger charge is 2.38. The average molecular weight is 488 g/mol. The van der Waals surface area contributed by atoms with Crippen molar-refractivity contribution in [2.75, 3.05) is 10.5 Å². The molecule has 1 heterocycles. The van der Waals surface area contributed by atoms with E-state index in [1.807, 2.05) is 0 Å². The summed E-state index contributed by atoms with van der Waals surface area (Å²) in [7, 11) is -7.46. The van der Waals surface area contributed by atoms with E-state index in [1.165, 1.54) is 25.1 Å². The number of rotatable bonds is 7. The Hall–Kier alpha value is -3.24. The van der Waals surface area contributed by atoms with Crippen LogP contribution in [-0.4, -0.2) is 32.7 Å². The molecule has 0 saturated carbocycles. The molecule has 0 unspecified atom stereocenters. The molecule has 3 aromatic carbocycles. The fourth-order valence-electron chi connectivity index (χ4n) is 3.54. The van der Waals surface area contributed by atoms with Crippen LogP contribution in [0.2, 0.25) is 0 Å². The number of sulfonamides is 2. The van der Waals surface area contributed by atoms with Crippen molar-refractivity contribution in [2.24, 2.45) is 5.10 Å². The van der Waals surface area contributed by atoms with E-state index in [4.69, 9.17) is 0 Å². The predicted octanol–water partition coefficient (Wildman–Crippen LogP) is 4.13. The number of halogens is 1. The first-order valence-corrected chi connectivity index (χ1v) is 13.3. The number of benzene rings is 3. The molecular weight excluding hydrogens is 465 g/mol. The highest BCUT2D eigenvalue weighted by molar-refractivity contribution is 7.92. The summed E-state index contributed by atoms with van der Waals surface area (Å²) in [6, 6.07) is 19.5. The maximum Gasteiger partial charge on any atom is 0.279 e. The van der Waals surface area contributed by atoms with Crippen molar-refractivity contribution in [3.05, 3.63) is 95.8 Å². The van der Waals surface area contributed by atoms with Gasteiger partial charge in [0.1, 0.15) is 5.82 Å². The minimum Gasteiger partial charge on any atom is -0.284 e. The third-order valence-corrected chi connectivity index (χ3v) is 8.30. The Morgan fingerprint density at radius 3 is 2.21 bits per heavy atom. The molecule has 0 radical (unpaired) electrons. The molecule has 4 rings (SSSR count). The molecule has 0 bridgehead atoms. The summed E-state index contributed by atoms with van der Waals surface area (Å²) >= 11 is 0. The largest absolute Gasteiger partial charge is 0.284 e. The molecule has 172 valence electrons. The highest BCUT2D eigenvalue weighted by Crippen LogP contribution is 2.38. The van der Waals surface area contributed by atoms with E-state index >= 15 is 0 Å². The topological polar surface area (TPSA) is 95.9 Å². The quantitative estimate of drug-likeness (QED) is 0.542. The molecule has 7 nitrogen and oxygen atoms in total. The highest BCUT2D eigenvalue weighted by atomic mass is 32.2. The van der Waals surface area contributed by atoms with Crippen LogP contribution in [0.4, 0.5) is 10.1 Å². The van der Waals surface area contributed by atoms with Crippen LogP contribution in [0, 0.1) is 5.82 Å². The van der Waals surface area contributed by atoms with E-state index in [9.17, 15) is 21.2 Å². The molecule has 0 saturated heterocycles. The van der Waals surface area contributed by atoms with E-state index in [1.54, 1.807) is 60.7 Å². The fraction of sp³-hybridized carbons (Fsp3) is 0.174. The van der Waals surface area contributed by atoms with Gasteiger partial charge in [-0.1, -0.05) is 48.5 Å². The fourth-order valence-corrected chi connectivity index (χ4v) is 5.63. The van der Waals surface area contributed by atoms with E-state index < -0.39 is 31.9 Å². The van der Waals surface area contributed by atoms with Crippen LogP contribution >= 0.6 is 0 Å². The van der Waals surface area contributed by atoms with E-state index in [0.29, 0.717) is 17.0 Å². The lowest BCUT2D eigenvalue weighted by molar-refractivity contribution is 0.362. The van der Waals surface area contributed by atoms with Crippen LogP contribution < -0.4 is 4.72 Å². The Kier molecular flexibility index (Phi) is 6.22. The van der Waals surface area contributed by atoms with Gasteiger partial charge in [-0.25, -0.2) is 12.8 Å². The minimum absolute atomic E-state index is 0.0562. The van der Waals surface area contributed by atoms with E-state index in [2.05, 4.69) is 9.82 Å². The van der Waals surface area contributed by atoms with Gasteiger partial charge in [-0.05, 0) is 42.8 Å². The number of nitrogens with zero attached hydrogens (tertiary/aromatic N) is 2. The Bertz CT molecular complexity index is 1390. The molecule has 1 atom stereocenters. The van der Waals surface area contributed by atoms with Gasteiger partial charge in [0.2, 0.25) is 10.0 Å². The third-order valence-electron chi connectivity index (χ3n) is 5.30. The van der Waals surface area contributed by atoms with Gasteiger partial charge in [0, 0.05) is 17.7 Å². The van der Waals surface area contributed by atoms with Gasteiger partial charge in [-0.3, -0.25) is 4.72 Å². The monoisotopic (exact) mass is 487 g/mol. The minimum atomic E-state index is -4.04. The lowest BCUT2D eigenvalue weighted by Crippen LogP contribution is -2.27. The molecule has 10 heteroatoms. The molecule has 1 aliphatic heterocycles. The van der Waals surface area contributed by atoms with Crippen LogP contribution in [0.5, 0.6) is 0 Å². The standard InChI is InChI=1S/C23H22FN3O4S2/c1-2-32(28,29)26-18-14-12-17(13-15-18)22-16-23(20-10-6-7-11-21(20)24)27(25-22)33(30,31)19-8-4-3-5-9-19/h3-15,23,26H,2,16H2,1H3/t23-/m0/s1. The molecule has 1 N–H and O–H groups in total. The molecule has 0 fully saturated rings. The van der Waals surface area contributed by atoms with Crippen LogP contribution in [0.3, 0.4) is 0 Å². The molecule has 33 heavy (non-hydrogen) atoms. The van der Waals surface area contributed by atoms with Gasteiger partial charge in [-0.15, -0.1) is 0 Å². The van der Waals surface area contributed by atoms with Gasteiger partial charge in [-0.2, -0.15) is 17.9 Å². The summed E-state index contributed by atoms with van der Waals surface area (Å²) < 4.78 is 68.4. The molecule has 0 spiro atoms. The normalized spacial score (nSPS) is 16.5. The average Bonchev–Trinajstić information content (AvgIpc) is 3.26. The maximum atomic E-state index is 14.6. The van der Waals surface area contributed by atoms with E-state index in [0.717, 1.165) is 4.41 Å². The summed E-state index contributed by atoms with van der Waals surface area (Å²) in [4.78, 5) is 0.0562. The number of anilines is 1. The summed E-state index contributed by atoms with van der Waals surface area (Å²) in [5.41, 5.74) is 1.68. The predicted molar refractivity (Wildman–Crippen MR) is 125 cm³/mol. The summed E-state index contributed by atoms with van der Waals surface area (Å²) in [6.07, 6.45) is 0.160. The molecule has 3 aromatic rings. The van der Waals surface area contributed by atoms with Crippen molar-refractivity contribution >= 4 is 31.4 Å². The Balaban J connectivity index is 1.73. The molecule has 0 aromatic heterocycles. The summed E-state index contributed by atoms with van der Waals surface area (Å²) in [5.74, 6) is -0.575. The third kappa shape index (κ3) is 4.76. The molecule has 0 aliphatic carbocycles. The van der Waals surface area contributed by atoms with Crippen molar-refractivity contribution in [1.29, 1.82) is 0 Å². The smallest absolute Gasteiger partial charge is 0.279 e. The van der Waals surface area contributed by atoms with Crippen molar-refractivity contribution in [2.45, 2.75) is 24.3 Å². The second-order valence-corrected chi connectivity index (χ2v) is 11.3. The van der Waals surface area contributed by atoms with Crippen molar-refractivity contribution in [3.8, 4) is 0 Å². The van der Waals surface area contributed by atoms with Crippen LogP contribution in [-0.2, 0) is 20.0 Å². The number of hydrazone groups is 1. The Morgan fingerprint density at radius 1 is 0.939 bits per heavy atom. The summed E-state index contributed by atoms with van der Waals surface area (Å²) in [6.45, 7) is 1.54. The Labute approximate surface area is 192 Å². The molecule has 1 aliphatic rings. The zero-order valence-electron chi connectivity index (χ0n) is 17.7. The number of hydrogen-bond acceptors (Lipinski definition) is 5. The number of nitrogens with one attached hydrogen (secondary N) is 1. The van der Waals surface area contributed by atoms with Crippen LogP contribution in [0.25, 0.3) is 0 Å². The zero-order valence-corrected chi connectivity index (χ0v) is 19.4. The lowest BCUT2D eigenvalue weighted by atomic mass is 9.99.